The summed E-state index contributed by atoms with van der Waals surface area (Å²) in [5.41, 5.74) is 1.18. The fourth-order valence-corrected chi connectivity index (χ4v) is 2.73. The minimum absolute atomic E-state index is 0.140. The molecule has 0 spiro atoms. The highest BCUT2D eigenvalue weighted by Gasteiger charge is 2.24. The molecule has 1 aromatic carbocycles. The van der Waals surface area contributed by atoms with Gasteiger partial charge >= 0.3 is 5.97 Å². The SMILES string of the molecule is Cc1csc([C@H](C#N)C(=O)COC(=O)Cc2cccc(F)c2)n1. The van der Waals surface area contributed by atoms with Crippen LogP contribution in [0.4, 0.5) is 4.39 Å². The number of halogens is 1. The molecule has 118 valence electrons. The first-order valence-electron chi connectivity index (χ1n) is 6.74. The number of benzene rings is 1. The minimum Gasteiger partial charge on any atom is -0.457 e. The van der Waals surface area contributed by atoms with Gasteiger partial charge in [0.1, 0.15) is 10.8 Å². The Labute approximate surface area is 136 Å². The van der Waals surface area contributed by atoms with Gasteiger partial charge in [0.05, 0.1) is 12.5 Å². The lowest BCUT2D eigenvalue weighted by molar-refractivity contribution is -0.147. The summed E-state index contributed by atoms with van der Waals surface area (Å²) in [7, 11) is 0. The van der Waals surface area contributed by atoms with E-state index in [0.717, 1.165) is 5.69 Å². The van der Waals surface area contributed by atoms with Crippen LogP contribution in [0.15, 0.2) is 29.6 Å². The Kier molecular flexibility index (Phi) is 5.55. The number of aryl methyl sites for hydroxylation is 1. The van der Waals surface area contributed by atoms with Crippen LogP contribution in [0.1, 0.15) is 22.2 Å². The fourth-order valence-electron chi connectivity index (χ4n) is 1.87. The van der Waals surface area contributed by atoms with Gasteiger partial charge in [0.15, 0.2) is 18.3 Å². The van der Waals surface area contributed by atoms with Crippen molar-refractivity contribution in [2.24, 2.45) is 0 Å². The number of carbonyl (C=O) groups excluding carboxylic acids is 2. The molecule has 0 saturated carbocycles. The summed E-state index contributed by atoms with van der Waals surface area (Å²) >= 11 is 1.21. The first kappa shape index (κ1) is 16.8. The second-order valence-corrected chi connectivity index (χ2v) is 5.71. The highest BCUT2D eigenvalue weighted by molar-refractivity contribution is 7.09. The molecule has 5 nitrogen and oxygen atoms in total. The van der Waals surface area contributed by atoms with E-state index in [1.807, 2.05) is 6.07 Å². The summed E-state index contributed by atoms with van der Waals surface area (Å²) in [4.78, 5) is 27.8. The average Bonchev–Trinajstić information content (AvgIpc) is 2.92. The highest BCUT2D eigenvalue weighted by atomic mass is 32.1. The Balaban J connectivity index is 1.90. The number of nitrogens with zero attached hydrogens (tertiary/aromatic N) is 2. The van der Waals surface area contributed by atoms with Gasteiger partial charge in [-0.3, -0.25) is 9.59 Å². The van der Waals surface area contributed by atoms with Crippen LogP contribution in [0.3, 0.4) is 0 Å². The van der Waals surface area contributed by atoms with Crippen LogP contribution < -0.4 is 0 Å². The maximum atomic E-state index is 13.0. The molecule has 0 radical (unpaired) electrons. The number of hydrogen-bond acceptors (Lipinski definition) is 6. The Morgan fingerprint density at radius 1 is 1.48 bits per heavy atom. The summed E-state index contributed by atoms with van der Waals surface area (Å²) < 4.78 is 17.9. The highest BCUT2D eigenvalue weighted by Crippen LogP contribution is 2.20. The van der Waals surface area contributed by atoms with Crippen molar-refractivity contribution in [2.45, 2.75) is 19.3 Å². The van der Waals surface area contributed by atoms with E-state index in [4.69, 9.17) is 10.00 Å². The topological polar surface area (TPSA) is 80.0 Å². The predicted octanol–water partition coefficient (Wildman–Crippen LogP) is 2.55. The molecule has 1 aromatic heterocycles. The molecular weight excluding hydrogens is 319 g/mol. The smallest absolute Gasteiger partial charge is 0.310 e. The van der Waals surface area contributed by atoms with Crippen molar-refractivity contribution in [3.63, 3.8) is 0 Å². The molecule has 0 unspecified atom stereocenters. The van der Waals surface area contributed by atoms with E-state index in [1.54, 1.807) is 18.4 Å². The number of ether oxygens (including phenoxy) is 1. The molecule has 0 aliphatic heterocycles. The molecule has 0 aliphatic rings. The zero-order chi connectivity index (χ0) is 16.8. The van der Waals surface area contributed by atoms with Gasteiger partial charge in [-0.25, -0.2) is 9.37 Å². The van der Waals surface area contributed by atoms with Crippen molar-refractivity contribution < 1.29 is 18.7 Å². The van der Waals surface area contributed by atoms with E-state index in [-0.39, 0.29) is 6.42 Å². The van der Waals surface area contributed by atoms with Crippen molar-refractivity contribution in [2.75, 3.05) is 6.61 Å². The molecule has 7 heteroatoms. The second-order valence-electron chi connectivity index (χ2n) is 4.82. The third kappa shape index (κ3) is 4.69. The van der Waals surface area contributed by atoms with Crippen molar-refractivity contribution >= 4 is 23.1 Å². The van der Waals surface area contributed by atoms with E-state index in [1.165, 1.54) is 29.5 Å². The molecule has 0 amide bonds. The average molecular weight is 332 g/mol. The van der Waals surface area contributed by atoms with Gasteiger partial charge in [-0.2, -0.15) is 5.26 Å². The van der Waals surface area contributed by atoms with Crippen molar-refractivity contribution in [3.8, 4) is 6.07 Å². The van der Waals surface area contributed by atoms with E-state index >= 15 is 0 Å². The maximum Gasteiger partial charge on any atom is 0.310 e. The third-order valence-electron chi connectivity index (χ3n) is 2.95. The molecule has 1 atom stereocenters. The van der Waals surface area contributed by atoms with E-state index in [0.29, 0.717) is 10.6 Å². The van der Waals surface area contributed by atoms with Gasteiger partial charge in [0.2, 0.25) is 0 Å². The van der Waals surface area contributed by atoms with Gasteiger partial charge in [-0.05, 0) is 24.6 Å². The van der Waals surface area contributed by atoms with E-state index in [9.17, 15) is 14.0 Å². The largest absolute Gasteiger partial charge is 0.457 e. The second kappa shape index (κ2) is 7.61. The first-order chi connectivity index (χ1) is 11.0. The Bertz CT molecular complexity index is 767. The van der Waals surface area contributed by atoms with E-state index in [2.05, 4.69) is 4.98 Å². The molecule has 0 N–H and O–H groups in total. The van der Waals surface area contributed by atoms with Gasteiger partial charge in [0, 0.05) is 11.1 Å². The molecule has 2 aromatic rings. The van der Waals surface area contributed by atoms with Gasteiger partial charge in [0.25, 0.3) is 0 Å². The number of rotatable bonds is 6. The number of hydrogen-bond donors (Lipinski definition) is 0. The summed E-state index contributed by atoms with van der Waals surface area (Å²) in [6.45, 7) is 1.25. The molecular formula is C16H13FN2O3S. The molecule has 0 saturated heterocycles. The van der Waals surface area contributed by atoms with Crippen LogP contribution in [0.2, 0.25) is 0 Å². The standard InChI is InChI=1S/C16H13FN2O3S/c1-10-9-23-16(19-10)13(7-18)14(20)8-22-15(21)6-11-3-2-4-12(17)5-11/h2-5,9,13H,6,8H2,1H3/t13-/m1/s1. The third-order valence-corrected chi connectivity index (χ3v) is 3.98. The Morgan fingerprint density at radius 3 is 2.87 bits per heavy atom. The van der Waals surface area contributed by atoms with Crippen LogP contribution in [-0.4, -0.2) is 23.3 Å². The maximum absolute atomic E-state index is 13.0. The van der Waals surface area contributed by atoms with E-state index < -0.39 is 30.1 Å². The summed E-state index contributed by atoms with van der Waals surface area (Å²) in [6, 6.07) is 7.43. The van der Waals surface area contributed by atoms with Crippen molar-refractivity contribution in [1.29, 1.82) is 5.26 Å². The molecule has 0 bridgehead atoms. The fraction of sp³-hybridized carbons (Fsp3) is 0.250. The monoisotopic (exact) mass is 332 g/mol. The summed E-state index contributed by atoms with van der Waals surface area (Å²) in [5.74, 6) is -2.68. The summed E-state index contributed by atoms with van der Waals surface area (Å²) in [6.07, 6.45) is -0.140. The van der Waals surface area contributed by atoms with Gasteiger partial charge < -0.3 is 4.74 Å². The number of aromatic nitrogens is 1. The lowest BCUT2D eigenvalue weighted by atomic mass is 10.1. The lowest BCUT2D eigenvalue weighted by Gasteiger charge is -2.07. The molecule has 1 heterocycles. The number of thiazole rings is 1. The van der Waals surface area contributed by atoms with Crippen LogP contribution in [0.5, 0.6) is 0 Å². The molecule has 0 fully saturated rings. The summed E-state index contributed by atoms with van der Waals surface area (Å²) in [5, 5.41) is 11.2. The van der Waals surface area contributed by atoms with Crippen LogP contribution in [0, 0.1) is 24.1 Å². The quantitative estimate of drug-likeness (QED) is 0.760. The molecule has 0 aliphatic carbocycles. The zero-order valence-corrected chi connectivity index (χ0v) is 13.1. The first-order valence-corrected chi connectivity index (χ1v) is 7.62. The van der Waals surface area contributed by atoms with Gasteiger partial charge in [-0.1, -0.05) is 12.1 Å². The number of esters is 1. The normalized spacial score (nSPS) is 11.5. The Hall–Kier alpha value is -2.59. The molecule has 23 heavy (non-hydrogen) atoms. The van der Waals surface area contributed by atoms with Gasteiger partial charge in [-0.15, -0.1) is 11.3 Å². The Morgan fingerprint density at radius 2 is 2.26 bits per heavy atom. The molecule has 2 rings (SSSR count). The number of ketones is 1. The predicted molar refractivity (Wildman–Crippen MR) is 81.3 cm³/mol. The number of Topliss-reactive ketones (excluding diaryl/α,β-unsaturated/α-hetero) is 1. The van der Waals surface area contributed by atoms with Crippen molar-refractivity contribution in [1.82, 2.24) is 4.98 Å². The van der Waals surface area contributed by atoms with Crippen LogP contribution >= 0.6 is 11.3 Å². The van der Waals surface area contributed by atoms with Crippen LogP contribution in [-0.2, 0) is 20.7 Å². The lowest BCUT2D eigenvalue weighted by Crippen LogP contribution is -2.20. The number of nitriles is 1. The zero-order valence-electron chi connectivity index (χ0n) is 12.3. The minimum atomic E-state index is -1.05. The number of carbonyl (C=O) groups is 2. The van der Waals surface area contributed by atoms with Crippen LogP contribution in [0.25, 0.3) is 0 Å². The van der Waals surface area contributed by atoms with Crippen molar-refractivity contribution in [3.05, 3.63) is 51.7 Å².